The summed E-state index contributed by atoms with van der Waals surface area (Å²) in [5, 5.41) is -0.205. The van der Waals surface area contributed by atoms with Crippen molar-refractivity contribution in [3.63, 3.8) is 0 Å². The van der Waals surface area contributed by atoms with Gasteiger partial charge in [0, 0.05) is 4.47 Å². The number of carbonyl (C=O) groups excluding carboxylic acids is 2. The van der Waals surface area contributed by atoms with Crippen molar-refractivity contribution in [2.75, 3.05) is 4.90 Å². The molecule has 3 nitrogen and oxygen atoms in total. The van der Waals surface area contributed by atoms with Crippen LogP contribution in [0.25, 0.3) is 0 Å². The molecule has 2 aliphatic carbocycles. The summed E-state index contributed by atoms with van der Waals surface area (Å²) in [4.78, 5) is 23.6. The first-order valence-corrected chi connectivity index (χ1v) is 10.0. The molecule has 3 aliphatic rings. The molecule has 1 heterocycles. The van der Waals surface area contributed by atoms with Crippen molar-refractivity contribution < 1.29 is 9.59 Å². The number of benzene rings is 1. The lowest BCUT2D eigenvalue weighted by molar-refractivity contribution is -0.123. The van der Waals surface area contributed by atoms with Crippen LogP contribution in [0.5, 0.6) is 0 Å². The van der Waals surface area contributed by atoms with E-state index in [4.69, 9.17) is 69.6 Å². The third-order valence-corrected chi connectivity index (χ3v) is 9.73. The maximum atomic E-state index is 13.1. The molecular weight excluding hydrogens is 519 g/mol. The zero-order chi connectivity index (χ0) is 18.5. The minimum absolute atomic E-state index is 0.102. The number of carbonyl (C=O) groups is 2. The maximum Gasteiger partial charge on any atom is 0.240 e. The van der Waals surface area contributed by atoms with E-state index in [2.05, 4.69) is 15.9 Å². The van der Waals surface area contributed by atoms with Crippen molar-refractivity contribution in [1.29, 1.82) is 0 Å². The van der Waals surface area contributed by atoms with Crippen LogP contribution in [0.3, 0.4) is 0 Å². The van der Waals surface area contributed by atoms with Crippen molar-refractivity contribution >= 4 is 103 Å². The van der Waals surface area contributed by atoms with Crippen molar-refractivity contribution in [3.8, 4) is 0 Å². The topological polar surface area (TPSA) is 37.4 Å². The van der Waals surface area contributed by atoms with Gasteiger partial charge in [-0.3, -0.25) is 9.59 Å². The quantitative estimate of drug-likeness (QED) is 0.364. The van der Waals surface area contributed by atoms with Gasteiger partial charge in [0.05, 0.1) is 27.6 Å². The molecule has 132 valence electrons. The van der Waals surface area contributed by atoms with Crippen molar-refractivity contribution in [1.82, 2.24) is 0 Å². The number of allylic oxidation sites excluding steroid dienone is 2. The van der Waals surface area contributed by atoms with Crippen LogP contribution < -0.4 is 4.90 Å². The van der Waals surface area contributed by atoms with Gasteiger partial charge in [0.1, 0.15) is 9.75 Å². The van der Waals surface area contributed by atoms with E-state index in [9.17, 15) is 9.59 Å². The summed E-state index contributed by atoms with van der Waals surface area (Å²) < 4.78 is -1.22. The highest BCUT2D eigenvalue weighted by Gasteiger charge is 2.87. The number of imide groups is 1. The Kier molecular flexibility index (Phi) is 4.06. The van der Waals surface area contributed by atoms with Crippen LogP contribution in [-0.4, -0.2) is 25.9 Å². The molecule has 0 unspecified atom stereocenters. The number of alkyl halides is 4. The number of amides is 2. The normalized spacial score (nSPS) is 38.8. The van der Waals surface area contributed by atoms with E-state index in [1.54, 1.807) is 24.3 Å². The fourth-order valence-corrected chi connectivity index (χ4v) is 7.18. The second kappa shape index (κ2) is 5.44. The van der Waals surface area contributed by atoms with Crippen LogP contribution in [-0.2, 0) is 9.59 Å². The Labute approximate surface area is 181 Å². The second-order valence-corrected chi connectivity index (χ2v) is 10.3. The van der Waals surface area contributed by atoms with Crippen LogP contribution in [0.2, 0.25) is 0 Å². The number of anilines is 1. The standard InChI is InChI=1S/C15H6BrCl6NO2/c16-5-2-1-3-6(4-5)23-11(24)7-8(12(23)25)14(20)10(18)9(17)13(7,19)15(14,21)22/h1-4,7-8H/t7-,8-,13+,14+/m0/s1. The molecule has 1 aromatic rings. The Morgan fingerprint density at radius 3 is 1.84 bits per heavy atom. The first kappa shape index (κ1) is 18.7. The van der Waals surface area contributed by atoms with Crippen molar-refractivity contribution in [2.45, 2.75) is 14.1 Å². The molecule has 0 radical (unpaired) electrons. The first-order chi connectivity index (χ1) is 11.5. The molecule has 2 amide bonds. The van der Waals surface area contributed by atoms with Gasteiger partial charge in [-0.05, 0) is 18.2 Å². The first-order valence-electron chi connectivity index (χ1n) is 6.96. The van der Waals surface area contributed by atoms with Crippen LogP contribution >= 0.6 is 85.5 Å². The Morgan fingerprint density at radius 1 is 0.920 bits per heavy atom. The van der Waals surface area contributed by atoms with Gasteiger partial charge in [0.25, 0.3) is 0 Å². The molecule has 1 saturated heterocycles. The summed E-state index contributed by atoms with van der Waals surface area (Å²) in [6.45, 7) is 0. The molecule has 4 atom stereocenters. The summed E-state index contributed by atoms with van der Waals surface area (Å²) in [6, 6.07) is 6.71. The Morgan fingerprint density at radius 2 is 1.40 bits per heavy atom. The number of hydrogen-bond donors (Lipinski definition) is 0. The van der Waals surface area contributed by atoms with Gasteiger partial charge in [0.2, 0.25) is 11.8 Å². The van der Waals surface area contributed by atoms with Crippen molar-refractivity contribution in [3.05, 3.63) is 38.8 Å². The van der Waals surface area contributed by atoms with Gasteiger partial charge < -0.3 is 0 Å². The second-order valence-electron chi connectivity index (χ2n) is 6.07. The molecule has 1 saturated carbocycles. The summed E-state index contributed by atoms with van der Waals surface area (Å²) >= 11 is 41.9. The predicted molar refractivity (Wildman–Crippen MR) is 104 cm³/mol. The Hall–Kier alpha value is 0.320. The molecule has 10 heteroatoms. The monoisotopic (exact) mass is 521 g/mol. The third kappa shape index (κ3) is 1.88. The highest BCUT2D eigenvalue weighted by molar-refractivity contribution is 9.10. The van der Waals surface area contributed by atoms with Gasteiger partial charge in [0.15, 0.2) is 4.33 Å². The zero-order valence-corrected chi connectivity index (χ0v) is 18.0. The van der Waals surface area contributed by atoms with Gasteiger partial charge in [-0.25, -0.2) is 4.90 Å². The number of rotatable bonds is 1. The van der Waals surface area contributed by atoms with Crippen molar-refractivity contribution in [2.24, 2.45) is 11.8 Å². The lowest BCUT2D eigenvalue weighted by Gasteiger charge is -2.34. The van der Waals surface area contributed by atoms with E-state index in [1.807, 2.05) is 0 Å². The highest BCUT2D eigenvalue weighted by atomic mass is 79.9. The molecule has 0 spiro atoms. The van der Waals surface area contributed by atoms with Crippen LogP contribution in [0.1, 0.15) is 0 Å². The number of halogens is 7. The van der Waals surface area contributed by atoms with Gasteiger partial charge in [-0.1, -0.05) is 68.4 Å². The molecule has 4 rings (SSSR count). The Balaban J connectivity index is 1.92. The average Bonchev–Trinajstić information content (AvgIpc) is 2.92. The highest BCUT2D eigenvalue weighted by Crippen LogP contribution is 2.77. The molecule has 2 fully saturated rings. The number of fused-ring (bicyclic) bond motifs is 5. The molecule has 0 aromatic heterocycles. The third-order valence-electron chi connectivity index (χ3n) is 4.98. The van der Waals surface area contributed by atoms with E-state index in [0.29, 0.717) is 10.2 Å². The van der Waals surface area contributed by atoms with E-state index in [0.717, 1.165) is 4.90 Å². The maximum absolute atomic E-state index is 13.1. The SMILES string of the molecule is O=C1[C@@H]2[C@@H](C(=O)N1c1cccc(Br)c1)[C@@]1(Cl)C(Cl)=C(Cl)[C@@]2(Cl)C1(Cl)Cl. The fourth-order valence-electron chi connectivity index (χ4n) is 3.86. The minimum Gasteiger partial charge on any atom is -0.274 e. The molecule has 25 heavy (non-hydrogen) atoms. The van der Waals surface area contributed by atoms with Crippen LogP contribution in [0.15, 0.2) is 38.8 Å². The molecule has 2 bridgehead atoms. The molecular formula is C15H6BrCl6NO2. The summed E-state index contributed by atoms with van der Waals surface area (Å²) in [6.07, 6.45) is 0. The smallest absolute Gasteiger partial charge is 0.240 e. The molecule has 0 N–H and O–H groups in total. The fraction of sp³-hybridized carbons (Fsp3) is 0.333. The summed E-state index contributed by atoms with van der Waals surface area (Å²) in [5.41, 5.74) is 0.376. The van der Waals surface area contributed by atoms with Gasteiger partial charge in [-0.2, -0.15) is 0 Å². The number of hydrogen-bond acceptors (Lipinski definition) is 2. The molecule has 1 aliphatic heterocycles. The Bertz CT molecular complexity index is 843. The van der Waals surface area contributed by atoms with Gasteiger partial charge >= 0.3 is 0 Å². The van der Waals surface area contributed by atoms with Crippen LogP contribution in [0, 0.1) is 11.8 Å². The summed E-state index contributed by atoms with van der Waals surface area (Å²) in [7, 11) is 0. The molecule has 1 aromatic carbocycles. The minimum atomic E-state index is -1.92. The lowest BCUT2D eigenvalue weighted by Crippen LogP contribution is -2.50. The largest absolute Gasteiger partial charge is 0.274 e. The zero-order valence-electron chi connectivity index (χ0n) is 11.9. The number of nitrogens with zero attached hydrogens (tertiary/aromatic N) is 1. The predicted octanol–water partition coefficient (Wildman–Crippen LogP) is 5.40. The van der Waals surface area contributed by atoms with E-state index < -0.39 is 37.7 Å². The van der Waals surface area contributed by atoms with E-state index in [1.165, 1.54) is 0 Å². The summed E-state index contributed by atoms with van der Waals surface area (Å²) in [5.74, 6) is -3.39. The van der Waals surface area contributed by atoms with Crippen LogP contribution in [0.4, 0.5) is 5.69 Å². The van der Waals surface area contributed by atoms with E-state index in [-0.39, 0.29) is 10.1 Å². The average molecular weight is 525 g/mol. The van der Waals surface area contributed by atoms with Gasteiger partial charge in [-0.15, -0.1) is 23.2 Å². The lowest BCUT2D eigenvalue weighted by atomic mass is 9.84. The van der Waals surface area contributed by atoms with E-state index >= 15 is 0 Å².